The summed E-state index contributed by atoms with van der Waals surface area (Å²) < 4.78 is 0. The molecule has 0 amide bonds. The number of carbonyl (C=O) groups excluding carboxylic acids is 1. The van der Waals surface area contributed by atoms with E-state index in [1.165, 1.54) is 29.7 Å². The highest BCUT2D eigenvalue weighted by Crippen LogP contribution is 2.41. The Bertz CT molecular complexity index is 796. The number of rotatable bonds is 6. The fraction of sp³-hybridized carbons (Fsp3) is 0.318. The Morgan fingerprint density at radius 1 is 1.23 bits per heavy atom. The molecule has 3 rings (SSSR count). The first-order chi connectivity index (χ1) is 12.6. The standard InChI is InChI=1S/C21H25N3.CH2O.H2/c1-14(18-8-6-17(7-9-18)13-22-4)5-12-20-15(2)21(19-10-11-19)24-16(3)23-20;1-2;/h5-9,12,19,22H,1,10-11,13H2,2-4H3;1H2;1H/b12-5-;;. The number of benzene rings is 1. The first-order valence-corrected chi connectivity index (χ1v) is 8.83. The third-order valence-electron chi connectivity index (χ3n) is 4.44. The van der Waals surface area contributed by atoms with Crippen molar-refractivity contribution in [2.75, 3.05) is 7.05 Å². The maximum atomic E-state index is 8.00. The molecule has 0 unspecified atom stereocenters. The number of carbonyl (C=O) groups is 1. The predicted octanol–water partition coefficient (Wildman–Crippen LogP) is 4.48. The van der Waals surface area contributed by atoms with Gasteiger partial charge in [-0.15, -0.1) is 0 Å². The minimum absolute atomic E-state index is 0. The van der Waals surface area contributed by atoms with Crippen molar-refractivity contribution < 1.29 is 6.22 Å². The highest BCUT2D eigenvalue weighted by Gasteiger charge is 2.27. The van der Waals surface area contributed by atoms with Crippen LogP contribution in [0.15, 0.2) is 36.9 Å². The van der Waals surface area contributed by atoms with Gasteiger partial charge in [0.1, 0.15) is 12.6 Å². The zero-order valence-corrected chi connectivity index (χ0v) is 15.9. The van der Waals surface area contributed by atoms with Crippen molar-refractivity contribution in [1.82, 2.24) is 15.3 Å². The van der Waals surface area contributed by atoms with Crippen molar-refractivity contribution in [3.05, 3.63) is 70.8 Å². The fourth-order valence-electron chi connectivity index (χ4n) is 2.91. The number of nitrogens with zero attached hydrogens (tertiary/aromatic N) is 2. The van der Waals surface area contributed by atoms with E-state index in [0.717, 1.165) is 29.2 Å². The van der Waals surface area contributed by atoms with Crippen molar-refractivity contribution in [3.63, 3.8) is 0 Å². The van der Waals surface area contributed by atoms with Crippen molar-refractivity contribution in [3.8, 4) is 0 Å². The summed E-state index contributed by atoms with van der Waals surface area (Å²) in [5.74, 6) is 1.49. The normalized spacial score (nSPS) is 13.3. The van der Waals surface area contributed by atoms with E-state index in [2.05, 4.69) is 65.2 Å². The average Bonchev–Trinajstić information content (AvgIpc) is 3.49. The second kappa shape index (κ2) is 9.20. The van der Waals surface area contributed by atoms with Gasteiger partial charge in [0.2, 0.25) is 0 Å². The molecule has 0 spiro atoms. The van der Waals surface area contributed by atoms with Crippen molar-refractivity contribution in [2.45, 2.75) is 39.2 Å². The zero-order chi connectivity index (χ0) is 19.1. The molecule has 2 aromatic rings. The van der Waals surface area contributed by atoms with Gasteiger partial charge in [0.05, 0.1) is 11.4 Å². The molecule has 138 valence electrons. The summed E-state index contributed by atoms with van der Waals surface area (Å²) in [5.41, 5.74) is 6.85. The van der Waals surface area contributed by atoms with E-state index in [9.17, 15) is 0 Å². The number of allylic oxidation sites excluding steroid dienone is 2. The second-order valence-corrected chi connectivity index (χ2v) is 6.53. The molecule has 1 heterocycles. The quantitative estimate of drug-likeness (QED) is 0.780. The molecule has 1 aliphatic rings. The maximum absolute atomic E-state index is 8.00. The van der Waals surface area contributed by atoms with E-state index in [1.54, 1.807) is 0 Å². The average molecular weight is 351 g/mol. The molecule has 0 bridgehead atoms. The number of hydrogen-bond donors (Lipinski definition) is 1. The van der Waals surface area contributed by atoms with Gasteiger partial charge in [-0.25, -0.2) is 9.97 Å². The van der Waals surface area contributed by atoms with E-state index in [4.69, 9.17) is 4.79 Å². The molecule has 0 radical (unpaired) electrons. The van der Waals surface area contributed by atoms with Gasteiger partial charge in [-0.2, -0.15) is 0 Å². The monoisotopic (exact) mass is 351 g/mol. The van der Waals surface area contributed by atoms with Crippen LogP contribution in [0, 0.1) is 13.8 Å². The Balaban J connectivity index is 0.00000118. The van der Waals surface area contributed by atoms with E-state index < -0.39 is 0 Å². The van der Waals surface area contributed by atoms with Crippen LogP contribution in [0.1, 0.15) is 54.1 Å². The van der Waals surface area contributed by atoms with Crippen LogP contribution in [0.4, 0.5) is 0 Å². The Morgan fingerprint density at radius 2 is 1.88 bits per heavy atom. The van der Waals surface area contributed by atoms with Crippen molar-refractivity contribution in [1.29, 1.82) is 0 Å². The molecular weight excluding hydrogens is 322 g/mol. The van der Waals surface area contributed by atoms with E-state index in [0.29, 0.717) is 5.92 Å². The van der Waals surface area contributed by atoms with Crippen LogP contribution in [0.25, 0.3) is 11.6 Å². The molecule has 26 heavy (non-hydrogen) atoms. The molecular formula is C22H29N3O. The molecule has 1 aliphatic carbocycles. The number of nitrogens with one attached hydrogen (secondary N) is 1. The molecule has 0 aliphatic heterocycles. The molecule has 4 heteroatoms. The molecule has 0 saturated heterocycles. The van der Waals surface area contributed by atoms with Gasteiger partial charge < -0.3 is 10.1 Å². The predicted molar refractivity (Wildman–Crippen MR) is 110 cm³/mol. The lowest BCUT2D eigenvalue weighted by atomic mass is 10.0. The number of aryl methyl sites for hydroxylation is 1. The molecule has 1 saturated carbocycles. The zero-order valence-electron chi connectivity index (χ0n) is 15.9. The highest BCUT2D eigenvalue weighted by molar-refractivity contribution is 5.77. The van der Waals surface area contributed by atoms with Gasteiger partial charge in [-0.1, -0.05) is 36.9 Å². The molecule has 4 nitrogen and oxygen atoms in total. The second-order valence-electron chi connectivity index (χ2n) is 6.53. The largest absolute Gasteiger partial charge is 0.316 e. The van der Waals surface area contributed by atoms with Gasteiger partial charge in [-0.3, -0.25) is 0 Å². The Morgan fingerprint density at radius 3 is 2.46 bits per heavy atom. The van der Waals surface area contributed by atoms with Crippen LogP contribution >= 0.6 is 0 Å². The van der Waals surface area contributed by atoms with E-state index >= 15 is 0 Å². The topological polar surface area (TPSA) is 54.9 Å². The van der Waals surface area contributed by atoms with Crippen LogP contribution in [-0.2, 0) is 11.3 Å². The molecule has 1 fully saturated rings. The van der Waals surface area contributed by atoms with Crippen molar-refractivity contribution in [2.24, 2.45) is 0 Å². The first-order valence-electron chi connectivity index (χ1n) is 8.83. The molecule has 1 aromatic heterocycles. The Kier molecular flexibility index (Phi) is 6.98. The van der Waals surface area contributed by atoms with Gasteiger partial charge in [0.15, 0.2) is 0 Å². The lowest BCUT2D eigenvalue weighted by molar-refractivity contribution is -0.0979. The third kappa shape index (κ3) is 4.96. The van der Waals surface area contributed by atoms with Gasteiger partial charge >= 0.3 is 0 Å². The van der Waals surface area contributed by atoms with Gasteiger partial charge in [0, 0.05) is 13.9 Å². The number of aromatic nitrogens is 2. The lowest BCUT2D eigenvalue weighted by Gasteiger charge is -2.08. The maximum Gasteiger partial charge on any atom is 0.126 e. The van der Waals surface area contributed by atoms with Crippen LogP contribution in [0.5, 0.6) is 0 Å². The van der Waals surface area contributed by atoms with Crippen LogP contribution in [0.3, 0.4) is 0 Å². The molecule has 0 atom stereocenters. The summed E-state index contributed by atoms with van der Waals surface area (Å²) in [6, 6.07) is 8.51. The van der Waals surface area contributed by atoms with Gasteiger partial charge in [-0.05, 0) is 62.1 Å². The summed E-state index contributed by atoms with van der Waals surface area (Å²) >= 11 is 0. The summed E-state index contributed by atoms with van der Waals surface area (Å²) in [7, 11) is 1.96. The van der Waals surface area contributed by atoms with Crippen molar-refractivity contribution >= 4 is 18.4 Å². The lowest BCUT2D eigenvalue weighted by Crippen LogP contribution is -2.04. The Hall–Kier alpha value is -2.59. The Labute approximate surface area is 157 Å². The van der Waals surface area contributed by atoms with Crippen LogP contribution in [0.2, 0.25) is 0 Å². The summed E-state index contributed by atoms with van der Waals surface area (Å²) in [4.78, 5) is 17.2. The number of hydrogen-bond acceptors (Lipinski definition) is 4. The highest BCUT2D eigenvalue weighted by atomic mass is 16.1. The smallest absolute Gasteiger partial charge is 0.126 e. The SMILES string of the molecule is C=C(/C=C\c1nc(C)nc(C2CC2)c1C)c1ccc(CNC)cc1.C=O.[HH]. The van der Waals surface area contributed by atoms with E-state index in [1.807, 2.05) is 20.8 Å². The fourth-order valence-corrected chi connectivity index (χ4v) is 2.91. The summed E-state index contributed by atoms with van der Waals surface area (Å²) in [6.07, 6.45) is 6.64. The first kappa shape index (κ1) is 19.7. The van der Waals surface area contributed by atoms with Gasteiger partial charge in [0.25, 0.3) is 0 Å². The minimum Gasteiger partial charge on any atom is -0.316 e. The third-order valence-corrected chi connectivity index (χ3v) is 4.44. The summed E-state index contributed by atoms with van der Waals surface area (Å²) in [5, 5.41) is 3.16. The summed E-state index contributed by atoms with van der Waals surface area (Å²) in [6.45, 7) is 11.2. The molecule has 1 aromatic carbocycles. The minimum atomic E-state index is 0. The molecule has 1 N–H and O–H groups in total. The van der Waals surface area contributed by atoms with E-state index in [-0.39, 0.29) is 1.43 Å². The van der Waals surface area contributed by atoms with Crippen LogP contribution in [-0.4, -0.2) is 23.8 Å². The van der Waals surface area contributed by atoms with Crippen LogP contribution < -0.4 is 5.32 Å².